The Morgan fingerprint density at radius 1 is 1.32 bits per heavy atom. The molecule has 116 valence electrons. The topological polar surface area (TPSA) is 81.7 Å². The number of aryl methyl sites for hydroxylation is 1. The van der Waals surface area contributed by atoms with E-state index in [-0.39, 0.29) is 18.5 Å². The number of β-amino-alcohol motifs (C(OH)–C–C–N with tert-alkyl or cyclic N) is 1. The fourth-order valence-electron chi connectivity index (χ4n) is 2.90. The molecule has 3 amide bonds. The Labute approximate surface area is 128 Å². The van der Waals surface area contributed by atoms with E-state index in [9.17, 15) is 14.7 Å². The summed E-state index contributed by atoms with van der Waals surface area (Å²) in [5, 5.41) is 15.0. The summed E-state index contributed by atoms with van der Waals surface area (Å²) in [6.45, 7) is 4.20. The highest BCUT2D eigenvalue weighted by atomic mass is 16.3. The van der Waals surface area contributed by atoms with Crippen LogP contribution in [0.2, 0.25) is 0 Å². The molecule has 0 saturated heterocycles. The first-order valence-corrected chi connectivity index (χ1v) is 7.30. The second kappa shape index (κ2) is 5.46. The first-order chi connectivity index (χ1) is 10.5. The maximum absolute atomic E-state index is 12.6. The third-order valence-corrected chi connectivity index (χ3v) is 3.92. The molecule has 0 aliphatic carbocycles. The smallest absolute Gasteiger partial charge is 0.319 e. The van der Waals surface area contributed by atoms with Crippen LogP contribution in [-0.4, -0.2) is 41.1 Å². The van der Waals surface area contributed by atoms with Crippen LogP contribution < -0.4 is 10.6 Å². The van der Waals surface area contributed by atoms with Gasteiger partial charge in [0.1, 0.15) is 0 Å². The first-order valence-electron chi connectivity index (χ1n) is 7.30. The maximum Gasteiger partial charge on any atom is 0.319 e. The quantitative estimate of drug-likeness (QED) is 0.773. The lowest BCUT2D eigenvalue weighted by molar-refractivity contribution is -0.126. The number of urea groups is 1. The molecular formula is C16H19N3O3. The van der Waals surface area contributed by atoms with E-state index >= 15 is 0 Å². The van der Waals surface area contributed by atoms with Crippen molar-refractivity contribution in [3.63, 3.8) is 0 Å². The molecule has 0 bridgehead atoms. The molecule has 0 fully saturated rings. The third kappa shape index (κ3) is 2.57. The lowest BCUT2D eigenvalue weighted by Crippen LogP contribution is -2.44. The van der Waals surface area contributed by atoms with Crippen LogP contribution in [0.25, 0.3) is 0 Å². The number of rotatable bonds is 3. The number of carbonyl (C=O) groups excluding carboxylic acids is 2. The summed E-state index contributed by atoms with van der Waals surface area (Å²) in [5.74, 6) is -0.144. The number of hydrogen-bond donors (Lipinski definition) is 3. The fourth-order valence-corrected chi connectivity index (χ4v) is 2.90. The minimum Gasteiger partial charge on any atom is -0.392 e. The van der Waals surface area contributed by atoms with E-state index < -0.39 is 12.1 Å². The van der Waals surface area contributed by atoms with E-state index in [4.69, 9.17) is 0 Å². The molecule has 0 aromatic heterocycles. The molecule has 2 atom stereocenters. The zero-order chi connectivity index (χ0) is 15.9. The van der Waals surface area contributed by atoms with Gasteiger partial charge >= 0.3 is 6.03 Å². The van der Waals surface area contributed by atoms with Gasteiger partial charge in [-0.1, -0.05) is 29.8 Å². The predicted molar refractivity (Wildman–Crippen MR) is 80.9 cm³/mol. The molecule has 1 unspecified atom stereocenters. The van der Waals surface area contributed by atoms with Gasteiger partial charge in [0.15, 0.2) is 0 Å². The Kier molecular flexibility index (Phi) is 3.62. The van der Waals surface area contributed by atoms with E-state index in [1.807, 2.05) is 31.2 Å². The normalized spacial score (nSPS) is 22.3. The largest absolute Gasteiger partial charge is 0.392 e. The van der Waals surface area contributed by atoms with Crippen molar-refractivity contribution in [2.75, 3.05) is 13.1 Å². The van der Waals surface area contributed by atoms with Gasteiger partial charge in [-0.3, -0.25) is 4.79 Å². The Bertz CT molecular complexity index is 649. The van der Waals surface area contributed by atoms with E-state index in [2.05, 4.69) is 10.6 Å². The molecule has 2 aliphatic rings. The van der Waals surface area contributed by atoms with Crippen LogP contribution in [0.15, 0.2) is 35.5 Å². The summed E-state index contributed by atoms with van der Waals surface area (Å²) in [5.41, 5.74) is 3.18. The lowest BCUT2D eigenvalue weighted by Gasteiger charge is -2.25. The molecule has 0 radical (unpaired) electrons. The zero-order valence-corrected chi connectivity index (χ0v) is 12.6. The van der Waals surface area contributed by atoms with Crippen molar-refractivity contribution in [1.82, 2.24) is 15.5 Å². The van der Waals surface area contributed by atoms with Crippen molar-refractivity contribution in [3.8, 4) is 0 Å². The Morgan fingerprint density at radius 2 is 2.00 bits per heavy atom. The third-order valence-electron chi connectivity index (χ3n) is 3.92. The van der Waals surface area contributed by atoms with Crippen molar-refractivity contribution in [3.05, 3.63) is 46.7 Å². The molecule has 2 heterocycles. The Balaban J connectivity index is 1.94. The monoisotopic (exact) mass is 301 g/mol. The maximum atomic E-state index is 12.6. The average Bonchev–Trinajstić information content (AvgIpc) is 2.74. The number of nitrogens with one attached hydrogen (secondary N) is 2. The first kappa shape index (κ1) is 14.6. The van der Waals surface area contributed by atoms with Gasteiger partial charge in [0.2, 0.25) is 0 Å². The number of aliphatic hydroxyl groups excluding tert-OH is 1. The average molecular weight is 301 g/mol. The van der Waals surface area contributed by atoms with Crippen LogP contribution in [0.5, 0.6) is 0 Å². The fraction of sp³-hybridized carbons (Fsp3) is 0.375. The lowest BCUT2D eigenvalue weighted by atomic mass is 9.95. The highest BCUT2D eigenvalue weighted by molar-refractivity contribution is 6.01. The standard InChI is InChI=1S/C16H19N3O3/c1-9-3-5-11(6-4-9)14-13-12(17-16(22)18-14)8-19(15(13)21)7-10(2)20/h3-6,10,14,20H,7-8H2,1-2H3,(H2,17,18,22)/t10-,14?/m1/s1. The molecule has 6 heteroatoms. The molecule has 0 saturated carbocycles. The second-order valence-corrected chi connectivity index (χ2v) is 5.87. The van der Waals surface area contributed by atoms with Gasteiger partial charge in [0.05, 0.1) is 30.0 Å². The Hall–Kier alpha value is -2.34. The van der Waals surface area contributed by atoms with Gasteiger partial charge in [0, 0.05) is 6.54 Å². The molecule has 6 nitrogen and oxygen atoms in total. The van der Waals surface area contributed by atoms with Gasteiger partial charge in [-0.15, -0.1) is 0 Å². The molecule has 2 aliphatic heterocycles. The van der Waals surface area contributed by atoms with Gasteiger partial charge < -0.3 is 20.6 Å². The number of amides is 3. The van der Waals surface area contributed by atoms with Gasteiger partial charge in [-0.25, -0.2) is 4.79 Å². The van der Waals surface area contributed by atoms with Gasteiger partial charge in [-0.2, -0.15) is 0 Å². The van der Waals surface area contributed by atoms with Crippen molar-refractivity contribution in [2.45, 2.75) is 26.0 Å². The molecular weight excluding hydrogens is 282 g/mol. The van der Waals surface area contributed by atoms with Crippen LogP contribution in [0.3, 0.4) is 0 Å². The highest BCUT2D eigenvalue weighted by Gasteiger charge is 2.40. The summed E-state index contributed by atoms with van der Waals surface area (Å²) in [6.07, 6.45) is -0.605. The van der Waals surface area contributed by atoms with E-state index in [0.717, 1.165) is 11.1 Å². The van der Waals surface area contributed by atoms with E-state index in [1.54, 1.807) is 11.8 Å². The number of aliphatic hydroxyl groups is 1. The van der Waals surface area contributed by atoms with Crippen molar-refractivity contribution in [2.24, 2.45) is 0 Å². The van der Waals surface area contributed by atoms with Crippen LogP contribution in [0, 0.1) is 6.92 Å². The minimum atomic E-state index is -0.605. The SMILES string of the molecule is Cc1ccc(C2NC(=O)NC3=C2C(=O)N(C[C@@H](C)O)C3)cc1. The van der Waals surface area contributed by atoms with Gasteiger partial charge in [-0.05, 0) is 19.4 Å². The second-order valence-electron chi connectivity index (χ2n) is 5.87. The van der Waals surface area contributed by atoms with E-state index in [1.165, 1.54) is 0 Å². The van der Waals surface area contributed by atoms with E-state index in [0.29, 0.717) is 17.8 Å². The number of benzene rings is 1. The zero-order valence-electron chi connectivity index (χ0n) is 12.6. The molecule has 1 aromatic rings. The van der Waals surface area contributed by atoms with Crippen LogP contribution >= 0.6 is 0 Å². The summed E-state index contributed by atoms with van der Waals surface area (Å²) in [7, 11) is 0. The predicted octanol–water partition coefficient (Wildman–Crippen LogP) is 0.826. The molecule has 1 aromatic carbocycles. The van der Waals surface area contributed by atoms with Crippen LogP contribution in [0.1, 0.15) is 24.1 Å². The van der Waals surface area contributed by atoms with Gasteiger partial charge in [0.25, 0.3) is 5.91 Å². The summed E-state index contributed by atoms with van der Waals surface area (Å²) in [6, 6.07) is 6.99. The number of hydrogen-bond acceptors (Lipinski definition) is 3. The summed E-state index contributed by atoms with van der Waals surface area (Å²) in [4.78, 5) is 26.0. The number of nitrogens with zero attached hydrogens (tertiary/aromatic N) is 1. The molecule has 3 rings (SSSR count). The summed E-state index contributed by atoms with van der Waals surface area (Å²) >= 11 is 0. The Morgan fingerprint density at radius 3 is 2.64 bits per heavy atom. The minimum absolute atomic E-state index is 0.144. The number of carbonyl (C=O) groups is 2. The van der Waals surface area contributed by atoms with Crippen LogP contribution in [0.4, 0.5) is 4.79 Å². The highest BCUT2D eigenvalue weighted by Crippen LogP contribution is 2.32. The van der Waals surface area contributed by atoms with Crippen LogP contribution in [-0.2, 0) is 4.79 Å². The molecule has 0 spiro atoms. The van der Waals surface area contributed by atoms with Crippen molar-refractivity contribution < 1.29 is 14.7 Å². The van der Waals surface area contributed by atoms with Crippen molar-refractivity contribution in [1.29, 1.82) is 0 Å². The molecule has 3 N–H and O–H groups in total. The molecule has 22 heavy (non-hydrogen) atoms. The summed E-state index contributed by atoms with van der Waals surface area (Å²) < 4.78 is 0. The van der Waals surface area contributed by atoms with Crippen molar-refractivity contribution >= 4 is 11.9 Å².